The van der Waals surface area contributed by atoms with E-state index in [1.165, 1.54) is 12.5 Å². The van der Waals surface area contributed by atoms with E-state index in [0.717, 1.165) is 12.5 Å². The molecule has 0 spiro atoms. The highest BCUT2D eigenvalue weighted by atomic mass is 19.3. The molecule has 0 amide bonds. The van der Waals surface area contributed by atoms with E-state index in [4.69, 9.17) is 9.47 Å². The van der Waals surface area contributed by atoms with Crippen LogP contribution in [-0.2, 0) is 28.4 Å². The van der Waals surface area contributed by atoms with E-state index >= 15 is 0 Å². The summed E-state index contributed by atoms with van der Waals surface area (Å²) in [7, 11) is 0. The third kappa shape index (κ3) is 7.20. The first-order valence-electron chi connectivity index (χ1n) is 4.86. The molecule has 0 radical (unpaired) electrons. The highest BCUT2D eigenvalue weighted by Crippen LogP contribution is 2.21. The van der Waals surface area contributed by atoms with Gasteiger partial charge in [-0.3, -0.25) is 0 Å². The molecule has 3 rings (SSSR count). The Balaban J connectivity index is 0.000000137. The molecule has 18 heavy (non-hydrogen) atoms. The quantitative estimate of drug-likeness (QED) is 0.668. The Morgan fingerprint density at radius 2 is 1.11 bits per heavy atom. The molecule has 0 aromatic rings. The van der Waals surface area contributed by atoms with Gasteiger partial charge in [-0.1, -0.05) is 0 Å². The van der Waals surface area contributed by atoms with Gasteiger partial charge in [0.15, 0.2) is 0 Å². The maximum Gasteiger partial charge on any atom is 0.585 e. The minimum absolute atomic E-state index is 0.389. The van der Waals surface area contributed by atoms with Gasteiger partial charge in [-0.2, -0.15) is 0 Å². The largest absolute Gasteiger partial charge is 0.585 e. The van der Waals surface area contributed by atoms with Gasteiger partial charge in [-0.25, -0.2) is 0 Å². The average Bonchev–Trinajstić information content (AvgIpc) is 3.06. The molecule has 0 saturated heterocycles. The molecule has 0 bridgehead atoms. The Kier molecular flexibility index (Phi) is 6.23. The Morgan fingerprint density at radius 3 is 1.28 bits per heavy atom. The van der Waals surface area contributed by atoms with Crippen LogP contribution in [0.1, 0.15) is 0 Å². The van der Waals surface area contributed by atoms with Crippen molar-refractivity contribution in [1.82, 2.24) is 0 Å². The van der Waals surface area contributed by atoms with Crippen LogP contribution < -0.4 is 0 Å². The van der Waals surface area contributed by atoms with Crippen LogP contribution in [0.2, 0.25) is 0 Å². The Morgan fingerprint density at radius 1 is 0.667 bits per heavy atom. The van der Waals surface area contributed by atoms with Crippen molar-refractivity contribution >= 4 is 0 Å². The normalized spacial score (nSPS) is 20.3. The van der Waals surface area contributed by atoms with Crippen LogP contribution in [0.3, 0.4) is 0 Å². The first-order chi connectivity index (χ1) is 8.71. The second kappa shape index (κ2) is 8.04. The summed E-state index contributed by atoms with van der Waals surface area (Å²) < 4.78 is 48.7. The highest BCUT2D eigenvalue weighted by Gasteiger charge is 2.35. The van der Waals surface area contributed by atoms with Gasteiger partial charge < -0.3 is 28.4 Å². The molecule has 0 saturated carbocycles. The fourth-order valence-corrected chi connectivity index (χ4v) is 0.749. The Labute approximate surface area is 102 Å². The van der Waals surface area contributed by atoms with E-state index in [0.29, 0.717) is 20.0 Å². The SMILES string of the molecule is C1=COCCO1.C1=COCO1.FC1(F)OC=CO1. The Hall–Kier alpha value is -2.12. The van der Waals surface area contributed by atoms with Crippen LogP contribution in [0.25, 0.3) is 0 Å². The van der Waals surface area contributed by atoms with Gasteiger partial charge in [0.25, 0.3) is 0 Å². The summed E-state index contributed by atoms with van der Waals surface area (Å²) in [5, 5.41) is 0. The fourth-order valence-electron chi connectivity index (χ4n) is 0.749. The molecule has 3 aliphatic heterocycles. The number of hydrogen-bond donors (Lipinski definition) is 0. The second-order valence-electron chi connectivity index (χ2n) is 2.71. The predicted octanol–water partition coefficient (Wildman–Crippen LogP) is 2.02. The molecule has 0 aromatic heterocycles. The van der Waals surface area contributed by atoms with Crippen LogP contribution in [0, 0.1) is 0 Å². The summed E-state index contributed by atoms with van der Waals surface area (Å²) in [6.07, 6.45) is 4.28. The molecule has 6 nitrogen and oxygen atoms in total. The van der Waals surface area contributed by atoms with Gasteiger partial charge >= 0.3 is 6.29 Å². The van der Waals surface area contributed by atoms with Gasteiger partial charge in [0.1, 0.15) is 50.8 Å². The number of alkyl halides is 2. The summed E-state index contributed by atoms with van der Waals surface area (Å²) in [5.41, 5.74) is 0. The lowest BCUT2D eigenvalue weighted by molar-refractivity contribution is -0.329. The van der Waals surface area contributed by atoms with Crippen molar-refractivity contribution < 1.29 is 37.2 Å². The molecule has 102 valence electrons. The monoisotopic (exact) mass is 266 g/mol. The minimum Gasteiger partial charge on any atom is -0.494 e. The van der Waals surface area contributed by atoms with Crippen molar-refractivity contribution in [3.63, 3.8) is 0 Å². The van der Waals surface area contributed by atoms with E-state index < -0.39 is 6.29 Å². The Bertz CT molecular complexity index is 279. The van der Waals surface area contributed by atoms with Crippen molar-refractivity contribution in [3.8, 4) is 0 Å². The summed E-state index contributed by atoms with van der Waals surface area (Å²) in [6.45, 7) is 1.77. The molecular weight excluding hydrogens is 254 g/mol. The van der Waals surface area contributed by atoms with Gasteiger partial charge in [0, 0.05) is 0 Å². The van der Waals surface area contributed by atoms with Crippen molar-refractivity contribution in [2.75, 3.05) is 20.0 Å². The van der Waals surface area contributed by atoms with Gasteiger partial charge in [0.2, 0.25) is 6.79 Å². The lowest BCUT2D eigenvalue weighted by Gasteiger charge is -2.04. The molecule has 0 unspecified atom stereocenters. The molecule has 0 atom stereocenters. The van der Waals surface area contributed by atoms with E-state index in [1.54, 1.807) is 12.5 Å². The van der Waals surface area contributed by atoms with Crippen LogP contribution >= 0.6 is 0 Å². The molecule has 3 heterocycles. The summed E-state index contributed by atoms with van der Waals surface area (Å²) in [6, 6.07) is 0. The summed E-state index contributed by atoms with van der Waals surface area (Å²) in [5.74, 6) is 0. The van der Waals surface area contributed by atoms with Crippen molar-refractivity contribution in [1.29, 1.82) is 0 Å². The smallest absolute Gasteiger partial charge is 0.494 e. The van der Waals surface area contributed by atoms with E-state index in [2.05, 4.69) is 18.9 Å². The van der Waals surface area contributed by atoms with Crippen LogP contribution in [0.5, 0.6) is 0 Å². The average molecular weight is 266 g/mol. The summed E-state index contributed by atoms with van der Waals surface area (Å²) >= 11 is 0. The number of rotatable bonds is 0. The molecule has 0 aromatic carbocycles. The van der Waals surface area contributed by atoms with Crippen LogP contribution in [0.4, 0.5) is 8.78 Å². The third-order valence-electron chi connectivity index (χ3n) is 1.42. The van der Waals surface area contributed by atoms with Gasteiger partial charge in [-0.15, -0.1) is 8.78 Å². The fraction of sp³-hybridized carbons (Fsp3) is 0.400. The first-order valence-corrected chi connectivity index (χ1v) is 4.86. The molecule has 0 fully saturated rings. The van der Waals surface area contributed by atoms with E-state index in [9.17, 15) is 8.78 Å². The predicted molar refractivity (Wildman–Crippen MR) is 53.5 cm³/mol. The first kappa shape index (κ1) is 13.9. The number of ether oxygens (including phenoxy) is 6. The zero-order valence-electron chi connectivity index (χ0n) is 9.29. The topological polar surface area (TPSA) is 55.4 Å². The second-order valence-corrected chi connectivity index (χ2v) is 2.71. The zero-order valence-corrected chi connectivity index (χ0v) is 9.29. The molecule has 3 aliphatic rings. The molecule has 8 heteroatoms. The highest BCUT2D eigenvalue weighted by molar-refractivity contribution is 4.69. The van der Waals surface area contributed by atoms with Crippen LogP contribution in [0.15, 0.2) is 37.6 Å². The standard InChI is InChI=1S/C4H6O2.C3H2F2O2.C3H4O2/c1-2-6-4-3-5-1;4-3(5)6-1-2-7-3;1-2-5-3-4-1/h1-2H,3-4H2;1-2H;1-2H,3H2. The maximum absolute atomic E-state index is 11.4. The number of hydrogen-bond acceptors (Lipinski definition) is 6. The van der Waals surface area contributed by atoms with E-state index in [-0.39, 0.29) is 0 Å². The van der Waals surface area contributed by atoms with Gasteiger partial charge in [0.05, 0.1) is 0 Å². The van der Waals surface area contributed by atoms with Crippen molar-refractivity contribution in [2.24, 2.45) is 0 Å². The maximum atomic E-state index is 11.4. The summed E-state index contributed by atoms with van der Waals surface area (Å²) in [4.78, 5) is 0. The molecule has 0 aliphatic carbocycles. The number of halogens is 2. The minimum atomic E-state index is -3.42. The van der Waals surface area contributed by atoms with Gasteiger partial charge in [-0.05, 0) is 0 Å². The molecular formula is C10H12F2O6. The van der Waals surface area contributed by atoms with Crippen LogP contribution in [-0.4, -0.2) is 26.3 Å². The lowest BCUT2D eigenvalue weighted by atomic mass is 10.7. The van der Waals surface area contributed by atoms with Crippen molar-refractivity contribution in [3.05, 3.63) is 37.6 Å². The third-order valence-corrected chi connectivity index (χ3v) is 1.42. The molecule has 0 N–H and O–H groups in total. The lowest BCUT2D eigenvalue weighted by Crippen LogP contribution is -2.14. The van der Waals surface area contributed by atoms with Crippen molar-refractivity contribution in [2.45, 2.75) is 6.29 Å². The van der Waals surface area contributed by atoms with E-state index in [1.807, 2.05) is 0 Å². The zero-order chi connectivity index (χ0) is 13.1.